The van der Waals surface area contributed by atoms with Crippen LogP contribution in [-0.4, -0.2) is 17.5 Å². The molecule has 5 aliphatic rings. The summed E-state index contributed by atoms with van der Waals surface area (Å²) in [5.41, 5.74) is 3.68. The van der Waals surface area contributed by atoms with Crippen molar-refractivity contribution in [1.29, 1.82) is 0 Å². The van der Waals surface area contributed by atoms with E-state index in [9.17, 15) is 9.90 Å². The third-order valence-electron chi connectivity index (χ3n) is 13.4. The van der Waals surface area contributed by atoms with Crippen molar-refractivity contribution < 1.29 is 9.90 Å². The lowest BCUT2D eigenvalue weighted by molar-refractivity contribution is -0.220. The minimum absolute atomic E-state index is 0.156. The molecule has 0 aromatic heterocycles. The molecular formula is C31H50O2. The van der Waals surface area contributed by atoms with Crippen molar-refractivity contribution in [2.75, 3.05) is 6.61 Å². The summed E-state index contributed by atoms with van der Waals surface area (Å²) in [7, 11) is 0. The molecule has 1 unspecified atom stereocenters. The van der Waals surface area contributed by atoms with Crippen LogP contribution in [0.5, 0.6) is 0 Å². The van der Waals surface area contributed by atoms with E-state index in [0.29, 0.717) is 34.4 Å². The van der Waals surface area contributed by atoms with Gasteiger partial charge in [-0.2, -0.15) is 0 Å². The van der Waals surface area contributed by atoms with Gasteiger partial charge in [0, 0.05) is 11.8 Å². The molecular weight excluding hydrogens is 404 g/mol. The maximum atomic E-state index is 13.3. The summed E-state index contributed by atoms with van der Waals surface area (Å²) in [5.74, 6) is 3.49. The summed E-state index contributed by atoms with van der Waals surface area (Å²) in [5, 5.41) is 10.6. The Balaban J connectivity index is 1.60. The van der Waals surface area contributed by atoms with Gasteiger partial charge in [-0.25, -0.2) is 0 Å². The number of ketones is 1. The van der Waals surface area contributed by atoms with Gasteiger partial charge in [0.05, 0.1) is 6.61 Å². The summed E-state index contributed by atoms with van der Waals surface area (Å²) < 4.78 is 0. The van der Waals surface area contributed by atoms with Gasteiger partial charge in [0.2, 0.25) is 0 Å². The minimum atomic E-state index is -0.257. The van der Waals surface area contributed by atoms with Gasteiger partial charge in [-0.3, -0.25) is 4.79 Å². The second kappa shape index (κ2) is 7.21. The summed E-state index contributed by atoms with van der Waals surface area (Å²) in [6.45, 7) is 20.1. The Bertz CT molecular complexity index is 881. The molecule has 2 nitrogen and oxygen atoms in total. The van der Waals surface area contributed by atoms with Gasteiger partial charge in [0.15, 0.2) is 5.78 Å². The van der Waals surface area contributed by atoms with Gasteiger partial charge in [-0.15, -0.1) is 0 Å². The molecule has 4 fully saturated rings. The fraction of sp³-hybridized carbons (Fsp3) is 0.903. The number of hydrogen-bond donors (Lipinski definition) is 1. The van der Waals surface area contributed by atoms with E-state index in [1.807, 2.05) is 0 Å². The predicted octanol–water partition coefficient (Wildman–Crippen LogP) is 7.60. The molecule has 0 bridgehead atoms. The monoisotopic (exact) mass is 454 g/mol. The van der Waals surface area contributed by atoms with Crippen LogP contribution >= 0.6 is 0 Å². The first-order valence-corrected chi connectivity index (χ1v) is 14.2. The van der Waals surface area contributed by atoms with E-state index in [1.54, 1.807) is 0 Å². The predicted molar refractivity (Wildman–Crippen MR) is 136 cm³/mol. The van der Waals surface area contributed by atoms with E-state index in [-0.39, 0.29) is 23.4 Å². The van der Waals surface area contributed by atoms with Crippen LogP contribution in [0.15, 0.2) is 11.1 Å². The molecule has 0 aromatic carbocycles. The Morgan fingerprint density at radius 3 is 2.21 bits per heavy atom. The molecule has 0 spiro atoms. The molecule has 0 saturated heterocycles. The van der Waals surface area contributed by atoms with E-state index >= 15 is 0 Å². The molecule has 5 aliphatic carbocycles. The lowest BCUT2D eigenvalue weighted by Crippen LogP contribution is -2.65. The first-order chi connectivity index (χ1) is 15.3. The average Bonchev–Trinajstić information content (AvgIpc) is 3.04. The van der Waals surface area contributed by atoms with Crippen LogP contribution in [0.1, 0.15) is 113 Å². The number of carbonyl (C=O) groups is 1. The Morgan fingerprint density at radius 2 is 1.58 bits per heavy atom. The number of aliphatic hydroxyl groups is 1. The fourth-order valence-corrected chi connectivity index (χ4v) is 11.1. The van der Waals surface area contributed by atoms with E-state index in [2.05, 4.69) is 55.4 Å². The molecule has 0 amide bonds. The molecule has 0 aromatic rings. The molecule has 0 aliphatic heterocycles. The van der Waals surface area contributed by atoms with Gasteiger partial charge < -0.3 is 5.11 Å². The number of aliphatic hydroxyl groups excluding tert-OH is 1. The minimum Gasteiger partial charge on any atom is -0.395 e. The standard InChI is InChI=1S/C31H50O2/c1-19(2)25-22(33)17-31(18-32)16-15-29(7)21(26(25)31)9-10-24-28(6)13-11-20(3)27(4,5)23(28)12-14-30(24,29)8/h19-21,23-24,32H,9-18H2,1-8H3/t20?,21-,23+,24-,28+,29-,30-,31+/m1/s1. The number of rotatable bonds is 2. The highest BCUT2D eigenvalue weighted by molar-refractivity contribution is 6.00. The third kappa shape index (κ3) is 2.80. The molecule has 5 rings (SSSR count). The Labute approximate surface area is 203 Å². The van der Waals surface area contributed by atoms with Crippen LogP contribution in [0.2, 0.25) is 0 Å². The second-order valence-electron chi connectivity index (χ2n) is 14.9. The first-order valence-electron chi connectivity index (χ1n) is 14.2. The quantitative estimate of drug-likeness (QED) is 0.466. The van der Waals surface area contributed by atoms with Crippen molar-refractivity contribution in [3.05, 3.63) is 11.1 Å². The Morgan fingerprint density at radius 1 is 0.879 bits per heavy atom. The fourth-order valence-electron chi connectivity index (χ4n) is 11.1. The highest BCUT2D eigenvalue weighted by Crippen LogP contribution is 2.76. The first kappa shape index (κ1) is 24.1. The molecule has 0 radical (unpaired) electrons. The summed E-state index contributed by atoms with van der Waals surface area (Å²) in [4.78, 5) is 13.3. The largest absolute Gasteiger partial charge is 0.395 e. The second-order valence-corrected chi connectivity index (χ2v) is 14.9. The molecule has 2 heteroatoms. The van der Waals surface area contributed by atoms with Crippen LogP contribution in [0, 0.1) is 56.7 Å². The molecule has 33 heavy (non-hydrogen) atoms. The van der Waals surface area contributed by atoms with Crippen LogP contribution < -0.4 is 0 Å². The van der Waals surface area contributed by atoms with Crippen molar-refractivity contribution in [2.45, 2.75) is 113 Å². The van der Waals surface area contributed by atoms with Crippen LogP contribution in [0.25, 0.3) is 0 Å². The summed E-state index contributed by atoms with van der Waals surface area (Å²) >= 11 is 0. The van der Waals surface area contributed by atoms with Crippen molar-refractivity contribution in [3.8, 4) is 0 Å². The summed E-state index contributed by atoms with van der Waals surface area (Å²) in [6.07, 6.45) is 10.7. The van der Waals surface area contributed by atoms with E-state index in [1.165, 1.54) is 50.5 Å². The maximum absolute atomic E-state index is 13.3. The molecule has 1 N–H and O–H groups in total. The van der Waals surface area contributed by atoms with Crippen molar-refractivity contribution in [3.63, 3.8) is 0 Å². The van der Waals surface area contributed by atoms with E-state index in [4.69, 9.17) is 0 Å². The van der Waals surface area contributed by atoms with E-state index < -0.39 is 0 Å². The zero-order valence-corrected chi connectivity index (χ0v) is 22.8. The van der Waals surface area contributed by atoms with Gasteiger partial charge in [0.25, 0.3) is 0 Å². The molecule has 0 heterocycles. The van der Waals surface area contributed by atoms with Gasteiger partial charge in [0.1, 0.15) is 0 Å². The Hall–Kier alpha value is -0.630. The molecule has 8 atom stereocenters. The number of hydrogen-bond acceptors (Lipinski definition) is 2. The average molecular weight is 455 g/mol. The zero-order valence-electron chi connectivity index (χ0n) is 22.8. The van der Waals surface area contributed by atoms with Gasteiger partial charge in [-0.05, 0) is 108 Å². The maximum Gasteiger partial charge on any atom is 0.160 e. The van der Waals surface area contributed by atoms with Crippen LogP contribution in [-0.2, 0) is 4.79 Å². The van der Waals surface area contributed by atoms with Gasteiger partial charge >= 0.3 is 0 Å². The van der Waals surface area contributed by atoms with Crippen LogP contribution in [0.3, 0.4) is 0 Å². The topological polar surface area (TPSA) is 37.3 Å². The number of carbonyl (C=O) groups excluding carboxylic acids is 1. The SMILES string of the molecule is CC(C)C1=C2[C@H]3CC[C@@H]4[C@@]5(C)CCC(C)C(C)(C)[C@@H]5CC[C@@]4(C)[C@]3(C)CC[C@@]2(CO)CC1=O. The normalized spacial score (nSPS) is 51.2. The lowest BCUT2D eigenvalue weighted by Gasteiger charge is -2.72. The van der Waals surface area contributed by atoms with Crippen molar-refractivity contribution >= 4 is 5.78 Å². The van der Waals surface area contributed by atoms with Crippen molar-refractivity contribution in [2.24, 2.45) is 56.7 Å². The van der Waals surface area contributed by atoms with Crippen molar-refractivity contribution in [1.82, 2.24) is 0 Å². The summed E-state index contributed by atoms with van der Waals surface area (Å²) in [6, 6.07) is 0. The molecule has 4 saturated carbocycles. The number of Topliss-reactive ketones (excluding diaryl/α,β-unsaturated/α-hetero) is 1. The highest BCUT2D eigenvalue weighted by Gasteiger charge is 2.69. The Kier molecular flexibility index (Phi) is 5.26. The lowest BCUT2D eigenvalue weighted by atomic mass is 9.32. The van der Waals surface area contributed by atoms with Gasteiger partial charge in [-0.1, -0.05) is 61.0 Å². The smallest absolute Gasteiger partial charge is 0.160 e. The molecule has 186 valence electrons. The number of fused-ring (bicyclic) bond motifs is 7. The van der Waals surface area contributed by atoms with Crippen LogP contribution in [0.4, 0.5) is 0 Å². The highest BCUT2D eigenvalue weighted by atomic mass is 16.3. The zero-order chi connectivity index (χ0) is 24.2. The third-order valence-corrected chi connectivity index (χ3v) is 13.4. The number of allylic oxidation sites excluding steroid dienone is 1. The van der Waals surface area contributed by atoms with E-state index in [0.717, 1.165) is 29.7 Å².